The van der Waals surface area contributed by atoms with Gasteiger partial charge in [-0.2, -0.15) is 0 Å². The fraction of sp³-hybridized carbons (Fsp3) is 0.154. The van der Waals surface area contributed by atoms with Gasteiger partial charge in [-0.3, -0.25) is 4.79 Å². The summed E-state index contributed by atoms with van der Waals surface area (Å²) in [6.45, 7) is 0.784. The van der Waals surface area contributed by atoms with Crippen molar-refractivity contribution in [2.24, 2.45) is 0 Å². The first kappa shape index (κ1) is 27.3. The van der Waals surface area contributed by atoms with Crippen LogP contribution in [0.25, 0.3) is 0 Å². The number of benzene rings is 3. The highest BCUT2D eigenvalue weighted by atomic mass is 35.5. The molecule has 3 aromatic carbocycles. The highest BCUT2D eigenvalue weighted by Crippen LogP contribution is 2.31. The van der Waals surface area contributed by atoms with Crippen molar-refractivity contribution in [2.45, 2.75) is 25.8 Å². The van der Waals surface area contributed by atoms with E-state index < -0.39 is 6.10 Å². The number of carbonyl (C=O) groups excluding carboxylic acids is 1. The monoisotopic (exact) mass is 601 g/mol. The van der Waals surface area contributed by atoms with Crippen molar-refractivity contribution in [3.63, 3.8) is 0 Å². The van der Waals surface area contributed by atoms with E-state index in [2.05, 4.69) is 0 Å². The van der Waals surface area contributed by atoms with Gasteiger partial charge in [0, 0.05) is 36.2 Å². The van der Waals surface area contributed by atoms with Crippen LogP contribution in [0.2, 0.25) is 30.1 Å². The summed E-state index contributed by atoms with van der Waals surface area (Å²) in [7, 11) is 0. The van der Waals surface area contributed by atoms with E-state index >= 15 is 0 Å². The number of ether oxygens (including phenoxy) is 1. The van der Waals surface area contributed by atoms with E-state index in [1.54, 1.807) is 53.2 Å². The SMILES string of the molecule is O=C(C[n+]1ccn(CC(OCc2ccc(Cl)cc2Cl)c2ccc(Cl)cc2Cl)c1)c1ccc(Cl)cc1Cl. The molecule has 186 valence electrons. The van der Waals surface area contributed by atoms with Crippen LogP contribution in [-0.4, -0.2) is 10.4 Å². The Bertz CT molecular complexity index is 1410. The predicted molar refractivity (Wildman–Crippen MR) is 146 cm³/mol. The second-order valence-corrected chi connectivity index (χ2v) is 10.6. The van der Waals surface area contributed by atoms with Crippen LogP contribution in [0.1, 0.15) is 27.6 Å². The molecule has 0 spiro atoms. The number of nitrogens with zero attached hydrogens (tertiary/aromatic N) is 2. The van der Waals surface area contributed by atoms with Crippen LogP contribution >= 0.6 is 69.6 Å². The first-order valence-electron chi connectivity index (χ1n) is 10.7. The Morgan fingerprint density at radius 1 is 0.833 bits per heavy atom. The molecule has 1 atom stereocenters. The predicted octanol–water partition coefficient (Wildman–Crippen LogP) is 8.54. The minimum Gasteiger partial charge on any atom is -0.365 e. The standard InChI is InChI=1S/C26H19Cl6N2O2/c27-17-2-1-16(22(30)9-17)14-36-26(21-6-4-19(29)11-24(21)32)13-34-8-7-33(15-34)12-25(35)20-5-3-18(28)10-23(20)31/h1-11,15,26H,12-14H2/q+1. The molecule has 0 amide bonds. The topological polar surface area (TPSA) is 35.1 Å². The maximum absolute atomic E-state index is 12.8. The zero-order valence-corrected chi connectivity index (χ0v) is 23.1. The lowest BCUT2D eigenvalue weighted by Crippen LogP contribution is -2.36. The summed E-state index contributed by atoms with van der Waals surface area (Å²) in [6.07, 6.45) is 5.05. The minimum absolute atomic E-state index is 0.113. The lowest BCUT2D eigenvalue weighted by atomic mass is 10.1. The van der Waals surface area contributed by atoms with Gasteiger partial charge in [0.05, 0.1) is 11.6 Å². The van der Waals surface area contributed by atoms with Gasteiger partial charge >= 0.3 is 0 Å². The van der Waals surface area contributed by atoms with E-state index in [9.17, 15) is 4.79 Å². The fourth-order valence-corrected chi connectivity index (χ4v) is 5.14. The molecule has 10 heteroatoms. The first-order valence-corrected chi connectivity index (χ1v) is 13.0. The van der Waals surface area contributed by atoms with Crippen molar-refractivity contribution < 1.29 is 14.1 Å². The Labute approximate surface area is 238 Å². The maximum Gasteiger partial charge on any atom is 0.244 e. The van der Waals surface area contributed by atoms with Gasteiger partial charge in [0.25, 0.3) is 0 Å². The van der Waals surface area contributed by atoms with Gasteiger partial charge in [-0.25, -0.2) is 9.13 Å². The van der Waals surface area contributed by atoms with Gasteiger partial charge in [0.2, 0.25) is 12.1 Å². The number of imidazole rings is 1. The van der Waals surface area contributed by atoms with E-state index in [1.807, 2.05) is 29.2 Å². The minimum atomic E-state index is -0.427. The van der Waals surface area contributed by atoms with Crippen LogP contribution in [0.4, 0.5) is 0 Å². The number of hydrogen-bond donors (Lipinski definition) is 0. The van der Waals surface area contributed by atoms with Crippen LogP contribution < -0.4 is 4.57 Å². The smallest absolute Gasteiger partial charge is 0.244 e. The van der Waals surface area contributed by atoms with Gasteiger partial charge < -0.3 is 4.74 Å². The van der Waals surface area contributed by atoms with Crippen molar-refractivity contribution in [3.05, 3.63) is 120 Å². The number of halogens is 6. The summed E-state index contributed by atoms with van der Waals surface area (Å²) in [6, 6.07) is 15.3. The molecule has 0 saturated carbocycles. The van der Waals surface area contributed by atoms with Crippen LogP contribution in [-0.2, 0) is 24.4 Å². The van der Waals surface area contributed by atoms with Gasteiger partial charge in [0.15, 0.2) is 6.54 Å². The zero-order chi connectivity index (χ0) is 25.8. The summed E-state index contributed by atoms with van der Waals surface area (Å²) in [5.74, 6) is -0.134. The summed E-state index contributed by atoms with van der Waals surface area (Å²) < 4.78 is 9.94. The normalized spacial score (nSPS) is 12.1. The van der Waals surface area contributed by atoms with E-state index in [4.69, 9.17) is 74.3 Å². The number of ketones is 1. The largest absolute Gasteiger partial charge is 0.365 e. The summed E-state index contributed by atoms with van der Waals surface area (Å²) >= 11 is 37.1. The Morgan fingerprint density at radius 3 is 2.14 bits per heavy atom. The third kappa shape index (κ3) is 6.96. The molecular formula is C26H19Cl6N2O2+. The molecule has 36 heavy (non-hydrogen) atoms. The number of rotatable bonds is 9. The summed E-state index contributed by atoms with van der Waals surface area (Å²) in [5, 5.41) is 2.87. The van der Waals surface area contributed by atoms with Crippen molar-refractivity contribution >= 4 is 75.4 Å². The molecule has 0 fully saturated rings. The van der Waals surface area contributed by atoms with E-state index in [0.29, 0.717) is 42.2 Å². The molecule has 0 aliphatic heterocycles. The average molecular weight is 604 g/mol. The molecule has 0 saturated heterocycles. The number of hydrogen-bond acceptors (Lipinski definition) is 2. The second-order valence-electron chi connectivity index (χ2n) is 8.03. The van der Waals surface area contributed by atoms with E-state index in [1.165, 1.54) is 0 Å². The average Bonchev–Trinajstić information content (AvgIpc) is 3.24. The van der Waals surface area contributed by atoms with E-state index in [-0.39, 0.29) is 18.9 Å². The number of Topliss-reactive ketones (excluding diaryl/α,β-unsaturated/α-hetero) is 1. The third-order valence-electron chi connectivity index (χ3n) is 5.45. The highest BCUT2D eigenvalue weighted by molar-refractivity contribution is 6.37. The maximum atomic E-state index is 12.8. The van der Waals surface area contributed by atoms with Crippen molar-refractivity contribution in [1.29, 1.82) is 0 Å². The first-order chi connectivity index (χ1) is 17.2. The van der Waals surface area contributed by atoms with Crippen LogP contribution in [0.3, 0.4) is 0 Å². The summed E-state index contributed by atoms with van der Waals surface area (Å²) in [5.41, 5.74) is 1.98. The van der Waals surface area contributed by atoms with Crippen LogP contribution in [0.5, 0.6) is 0 Å². The molecule has 1 unspecified atom stereocenters. The highest BCUT2D eigenvalue weighted by Gasteiger charge is 2.21. The number of aromatic nitrogens is 2. The van der Waals surface area contributed by atoms with Crippen LogP contribution in [0, 0.1) is 0 Å². The Hall–Kier alpha value is -1.76. The quantitative estimate of drug-likeness (QED) is 0.142. The molecule has 0 N–H and O–H groups in total. The van der Waals surface area contributed by atoms with Gasteiger partial charge in [-0.1, -0.05) is 81.7 Å². The van der Waals surface area contributed by atoms with Gasteiger partial charge in [0.1, 0.15) is 25.0 Å². The zero-order valence-electron chi connectivity index (χ0n) is 18.6. The Kier molecular flexibility index (Phi) is 9.24. The molecule has 4 aromatic rings. The van der Waals surface area contributed by atoms with Crippen LogP contribution in [0.15, 0.2) is 73.3 Å². The molecule has 1 aromatic heterocycles. The number of carbonyl (C=O) groups is 1. The second kappa shape index (κ2) is 12.2. The Morgan fingerprint density at radius 2 is 1.47 bits per heavy atom. The third-order valence-corrected chi connectivity index (χ3v) is 7.14. The van der Waals surface area contributed by atoms with Gasteiger partial charge in [-0.05, 0) is 48.0 Å². The van der Waals surface area contributed by atoms with Crippen molar-refractivity contribution in [3.8, 4) is 0 Å². The van der Waals surface area contributed by atoms with Crippen molar-refractivity contribution in [2.75, 3.05) is 0 Å². The van der Waals surface area contributed by atoms with E-state index in [0.717, 1.165) is 11.1 Å². The molecule has 4 nitrogen and oxygen atoms in total. The molecular weight excluding hydrogens is 585 g/mol. The lowest BCUT2D eigenvalue weighted by Gasteiger charge is -2.19. The van der Waals surface area contributed by atoms with Crippen molar-refractivity contribution in [1.82, 2.24) is 4.57 Å². The molecule has 0 aliphatic carbocycles. The Balaban J connectivity index is 1.52. The molecule has 1 heterocycles. The van der Waals surface area contributed by atoms with Gasteiger partial charge in [-0.15, -0.1) is 0 Å². The lowest BCUT2D eigenvalue weighted by molar-refractivity contribution is -0.682. The molecule has 4 rings (SSSR count). The fourth-order valence-electron chi connectivity index (χ4n) is 3.63. The molecule has 0 aliphatic rings. The summed E-state index contributed by atoms with van der Waals surface area (Å²) in [4.78, 5) is 12.8. The molecule has 0 bridgehead atoms. The molecule has 0 radical (unpaired) electrons.